The van der Waals surface area contributed by atoms with Gasteiger partial charge in [0.05, 0.1) is 5.69 Å². The second-order valence-corrected chi connectivity index (χ2v) is 7.25. The zero-order valence-electron chi connectivity index (χ0n) is 17.4. The van der Waals surface area contributed by atoms with Crippen LogP contribution < -0.4 is 15.5 Å². The van der Waals surface area contributed by atoms with Crippen molar-refractivity contribution in [1.29, 1.82) is 0 Å². The number of nitrogens with one attached hydrogen (secondary N) is 2. The summed E-state index contributed by atoms with van der Waals surface area (Å²) in [5.74, 6) is 0.556. The Labute approximate surface area is 181 Å². The van der Waals surface area contributed by atoms with Crippen molar-refractivity contribution in [3.05, 3.63) is 96.8 Å². The number of rotatable bonds is 6. The average molecular weight is 409 g/mol. The van der Waals surface area contributed by atoms with Crippen LogP contribution in [0.5, 0.6) is 0 Å². The Morgan fingerprint density at radius 3 is 2.16 bits per heavy atom. The molecule has 154 valence electrons. The van der Waals surface area contributed by atoms with Gasteiger partial charge in [0.1, 0.15) is 12.1 Å². The molecule has 0 atom stereocenters. The summed E-state index contributed by atoms with van der Waals surface area (Å²) in [6.07, 6.45) is 1.54. The summed E-state index contributed by atoms with van der Waals surface area (Å²) in [5.41, 5.74) is 5.13. The van der Waals surface area contributed by atoms with E-state index in [2.05, 4.69) is 20.6 Å². The molecule has 1 aromatic heterocycles. The van der Waals surface area contributed by atoms with Crippen LogP contribution in [0.15, 0.2) is 91.3 Å². The SMILES string of the molecule is CN(C)c1ccc(C(=O)Nc2ccc(Nc3cc(-c4ccccc4)ncn3)cc2)cc1. The molecule has 0 spiro atoms. The summed E-state index contributed by atoms with van der Waals surface area (Å²) in [7, 11) is 3.93. The minimum Gasteiger partial charge on any atom is -0.378 e. The van der Waals surface area contributed by atoms with Crippen molar-refractivity contribution in [3.63, 3.8) is 0 Å². The third-order valence-corrected chi connectivity index (χ3v) is 4.80. The lowest BCUT2D eigenvalue weighted by Crippen LogP contribution is -2.13. The van der Waals surface area contributed by atoms with Crippen molar-refractivity contribution in [2.45, 2.75) is 0 Å². The van der Waals surface area contributed by atoms with Crippen molar-refractivity contribution < 1.29 is 4.79 Å². The Balaban J connectivity index is 1.41. The molecule has 0 aliphatic carbocycles. The number of benzene rings is 3. The first kappa shape index (κ1) is 20.1. The first-order chi connectivity index (χ1) is 15.1. The van der Waals surface area contributed by atoms with Gasteiger partial charge in [-0.2, -0.15) is 0 Å². The number of carbonyl (C=O) groups excluding carboxylic acids is 1. The summed E-state index contributed by atoms with van der Waals surface area (Å²) in [4.78, 5) is 23.1. The van der Waals surface area contributed by atoms with E-state index in [1.807, 2.05) is 104 Å². The van der Waals surface area contributed by atoms with Crippen LogP contribution >= 0.6 is 0 Å². The molecular weight excluding hydrogens is 386 g/mol. The highest BCUT2D eigenvalue weighted by Crippen LogP contribution is 2.22. The van der Waals surface area contributed by atoms with Gasteiger partial charge in [0, 0.05) is 48.4 Å². The van der Waals surface area contributed by atoms with Crippen LogP contribution in [0.3, 0.4) is 0 Å². The Hall–Kier alpha value is -4.19. The molecule has 4 aromatic rings. The number of hydrogen-bond donors (Lipinski definition) is 2. The third-order valence-electron chi connectivity index (χ3n) is 4.80. The van der Waals surface area contributed by atoms with Crippen LogP contribution in [0.25, 0.3) is 11.3 Å². The van der Waals surface area contributed by atoms with Crippen molar-refractivity contribution in [1.82, 2.24) is 9.97 Å². The maximum absolute atomic E-state index is 12.5. The van der Waals surface area contributed by atoms with E-state index < -0.39 is 0 Å². The lowest BCUT2D eigenvalue weighted by Gasteiger charge is -2.13. The largest absolute Gasteiger partial charge is 0.378 e. The van der Waals surface area contributed by atoms with Gasteiger partial charge in [-0.25, -0.2) is 9.97 Å². The summed E-state index contributed by atoms with van der Waals surface area (Å²) < 4.78 is 0. The summed E-state index contributed by atoms with van der Waals surface area (Å²) in [6.45, 7) is 0. The smallest absolute Gasteiger partial charge is 0.255 e. The highest BCUT2D eigenvalue weighted by atomic mass is 16.1. The van der Waals surface area contributed by atoms with Gasteiger partial charge in [-0.1, -0.05) is 30.3 Å². The van der Waals surface area contributed by atoms with Gasteiger partial charge < -0.3 is 15.5 Å². The van der Waals surface area contributed by atoms with Gasteiger partial charge in [-0.15, -0.1) is 0 Å². The maximum atomic E-state index is 12.5. The zero-order chi connectivity index (χ0) is 21.6. The third kappa shape index (κ3) is 5.05. The highest BCUT2D eigenvalue weighted by molar-refractivity contribution is 6.04. The standard InChI is InChI=1S/C25H23N5O/c1-30(2)22-14-8-19(9-15-22)25(31)29-21-12-10-20(11-13-21)28-24-16-23(26-17-27-24)18-6-4-3-5-7-18/h3-17H,1-2H3,(H,29,31)(H,26,27,28). The molecule has 0 unspecified atom stereocenters. The average Bonchev–Trinajstić information content (AvgIpc) is 2.81. The van der Waals surface area contributed by atoms with Crippen molar-refractivity contribution >= 4 is 28.8 Å². The summed E-state index contributed by atoms with van der Waals surface area (Å²) >= 11 is 0. The van der Waals surface area contributed by atoms with Crippen LogP contribution in [-0.4, -0.2) is 30.0 Å². The molecule has 2 N–H and O–H groups in total. The van der Waals surface area contributed by atoms with E-state index in [1.165, 1.54) is 0 Å². The molecule has 0 radical (unpaired) electrons. The normalized spacial score (nSPS) is 10.4. The van der Waals surface area contributed by atoms with Gasteiger partial charge in [-0.3, -0.25) is 4.79 Å². The monoisotopic (exact) mass is 409 g/mol. The molecule has 3 aromatic carbocycles. The summed E-state index contributed by atoms with van der Waals surface area (Å²) in [5, 5.41) is 6.20. The first-order valence-corrected chi connectivity index (χ1v) is 9.92. The number of hydrogen-bond acceptors (Lipinski definition) is 5. The fourth-order valence-corrected chi connectivity index (χ4v) is 3.09. The van der Waals surface area contributed by atoms with Gasteiger partial charge >= 0.3 is 0 Å². The molecule has 4 rings (SSSR count). The molecule has 31 heavy (non-hydrogen) atoms. The van der Waals surface area contributed by atoms with Gasteiger partial charge in [0.25, 0.3) is 5.91 Å². The fourth-order valence-electron chi connectivity index (χ4n) is 3.09. The van der Waals surface area contributed by atoms with E-state index in [1.54, 1.807) is 6.33 Å². The Morgan fingerprint density at radius 1 is 0.806 bits per heavy atom. The number of aromatic nitrogens is 2. The van der Waals surface area contributed by atoms with E-state index in [0.29, 0.717) is 11.4 Å². The Kier molecular flexibility index (Phi) is 5.89. The van der Waals surface area contributed by atoms with Gasteiger partial charge in [-0.05, 0) is 48.5 Å². The minimum atomic E-state index is -0.144. The number of amides is 1. The van der Waals surface area contributed by atoms with E-state index >= 15 is 0 Å². The van der Waals surface area contributed by atoms with Crippen molar-refractivity contribution in [2.24, 2.45) is 0 Å². The zero-order valence-corrected chi connectivity index (χ0v) is 17.4. The molecule has 0 saturated carbocycles. The molecule has 6 heteroatoms. The number of carbonyl (C=O) groups is 1. The van der Waals surface area contributed by atoms with Crippen LogP contribution in [0.4, 0.5) is 22.9 Å². The minimum absolute atomic E-state index is 0.144. The quantitative estimate of drug-likeness (QED) is 0.458. The topological polar surface area (TPSA) is 70.2 Å². The van der Waals surface area contributed by atoms with Crippen LogP contribution in [-0.2, 0) is 0 Å². The van der Waals surface area contributed by atoms with Crippen molar-refractivity contribution in [2.75, 3.05) is 29.6 Å². The van der Waals surface area contributed by atoms with Gasteiger partial charge in [0.2, 0.25) is 0 Å². The predicted molar refractivity (Wildman–Crippen MR) is 126 cm³/mol. The molecule has 1 amide bonds. The highest BCUT2D eigenvalue weighted by Gasteiger charge is 2.07. The van der Waals surface area contributed by atoms with E-state index in [4.69, 9.17) is 0 Å². The molecule has 0 saturated heterocycles. The lowest BCUT2D eigenvalue weighted by atomic mass is 10.1. The van der Waals surface area contributed by atoms with E-state index in [0.717, 1.165) is 28.3 Å². The molecule has 0 aliphatic rings. The van der Waals surface area contributed by atoms with Crippen LogP contribution in [0.1, 0.15) is 10.4 Å². The molecular formula is C25H23N5O. The Morgan fingerprint density at radius 2 is 1.48 bits per heavy atom. The van der Waals surface area contributed by atoms with E-state index in [9.17, 15) is 4.79 Å². The second-order valence-electron chi connectivity index (χ2n) is 7.25. The Bertz CT molecular complexity index is 1160. The second kappa shape index (κ2) is 9.09. The molecule has 0 bridgehead atoms. The van der Waals surface area contributed by atoms with Crippen LogP contribution in [0, 0.1) is 0 Å². The molecule has 0 aliphatic heterocycles. The predicted octanol–water partition coefficient (Wildman–Crippen LogP) is 5.21. The number of nitrogens with zero attached hydrogens (tertiary/aromatic N) is 3. The summed E-state index contributed by atoms with van der Waals surface area (Å²) in [6, 6.07) is 26.9. The lowest BCUT2D eigenvalue weighted by molar-refractivity contribution is 0.102. The molecule has 0 fully saturated rings. The van der Waals surface area contributed by atoms with E-state index in [-0.39, 0.29) is 5.91 Å². The van der Waals surface area contributed by atoms with Crippen molar-refractivity contribution in [3.8, 4) is 11.3 Å². The first-order valence-electron chi connectivity index (χ1n) is 9.92. The van der Waals surface area contributed by atoms with Gasteiger partial charge in [0.15, 0.2) is 0 Å². The number of anilines is 4. The maximum Gasteiger partial charge on any atom is 0.255 e. The molecule has 1 heterocycles. The fraction of sp³-hybridized carbons (Fsp3) is 0.0800. The molecule has 6 nitrogen and oxygen atoms in total. The van der Waals surface area contributed by atoms with Crippen LogP contribution in [0.2, 0.25) is 0 Å².